The summed E-state index contributed by atoms with van der Waals surface area (Å²) in [7, 11) is 1.70. The van der Waals surface area contributed by atoms with Crippen LogP contribution in [0.15, 0.2) is 23.1 Å². The number of thiazole rings is 1. The van der Waals surface area contributed by atoms with Gasteiger partial charge in [-0.2, -0.15) is 0 Å². The second-order valence-corrected chi connectivity index (χ2v) is 12.9. The summed E-state index contributed by atoms with van der Waals surface area (Å²) in [5, 5.41) is 3.85. The van der Waals surface area contributed by atoms with Crippen molar-refractivity contribution in [1.82, 2.24) is 14.8 Å². The minimum Gasteiger partial charge on any atom is -0.381 e. The van der Waals surface area contributed by atoms with E-state index >= 15 is 0 Å². The summed E-state index contributed by atoms with van der Waals surface area (Å²) >= 11 is 3.27. The van der Waals surface area contributed by atoms with Crippen molar-refractivity contribution in [3.05, 3.63) is 18.9 Å². The predicted octanol–water partition coefficient (Wildman–Crippen LogP) is 3.40. The monoisotopic (exact) mass is 518 g/mol. The maximum atomic E-state index is 13.7. The number of carbonyl (C=O) groups excluding carboxylic acids is 3. The molecule has 190 valence electrons. The van der Waals surface area contributed by atoms with Crippen LogP contribution in [0.5, 0.6) is 0 Å². The fourth-order valence-corrected chi connectivity index (χ4v) is 8.27. The fourth-order valence-electron chi connectivity index (χ4n) is 5.86. The Morgan fingerprint density at radius 3 is 2.54 bits per heavy atom. The highest BCUT2D eigenvalue weighted by atomic mass is 32.2. The predicted molar refractivity (Wildman–Crippen MR) is 136 cm³/mol. The van der Waals surface area contributed by atoms with Crippen LogP contribution in [0.3, 0.4) is 0 Å². The highest BCUT2D eigenvalue weighted by Gasteiger charge is 2.47. The number of likely N-dealkylation sites (tertiary alicyclic amines) is 1. The van der Waals surface area contributed by atoms with Crippen LogP contribution in [0.25, 0.3) is 0 Å². The molecule has 0 aromatic carbocycles. The molecule has 2 saturated carbocycles. The van der Waals surface area contributed by atoms with E-state index in [1.165, 1.54) is 17.4 Å². The molecule has 4 aliphatic rings. The number of fused-ring (bicyclic) bond motifs is 2. The van der Waals surface area contributed by atoms with Gasteiger partial charge in [0.1, 0.15) is 0 Å². The molecule has 3 amide bonds. The first-order valence-corrected chi connectivity index (χ1v) is 14.3. The quantitative estimate of drug-likeness (QED) is 0.557. The molecule has 2 bridgehead atoms. The van der Waals surface area contributed by atoms with Gasteiger partial charge in [0.05, 0.1) is 34.5 Å². The number of ether oxygens (including phenoxy) is 1. The number of carbonyl (C=O) groups is 3. The van der Waals surface area contributed by atoms with Crippen LogP contribution < -0.4 is 5.32 Å². The van der Waals surface area contributed by atoms with Gasteiger partial charge in [0, 0.05) is 31.4 Å². The topological polar surface area (TPSA) is 91.8 Å². The number of anilines is 1. The Hall–Kier alpha value is -1.91. The van der Waals surface area contributed by atoms with Crippen molar-refractivity contribution in [3.63, 3.8) is 0 Å². The van der Waals surface area contributed by atoms with Crippen LogP contribution in [-0.4, -0.2) is 76.1 Å². The molecule has 35 heavy (non-hydrogen) atoms. The summed E-state index contributed by atoms with van der Waals surface area (Å²) < 4.78 is 6.87. The minimum atomic E-state index is -0.197. The molecule has 6 atom stereocenters. The van der Waals surface area contributed by atoms with E-state index in [1.54, 1.807) is 18.9 Å². The zero-order chi connectivity index (χ0) is 24.7. The Bertz CT molecular complexity index is 982. The van der Waals surface area contributed by atoms with Crippen molar-refractivity contribution in [2.45, 2.75) is 73.1 Å². The zero-order valence-corrected chi connectivity index (χ0v) is 22.0. The van der Waals surface area contributed by atoms with Crippen LogP contribution in [0.2, 0.25) is 0 Å². The molecule has 3 heterocycles. The number of hydrogen-bond donors (Lipinski definition) is 1. The first-order valence-electron chi connectivity index (χ1n) is 12.6. The molecular weight excluding hydrogens is 484 g/mol. The molecule has 8 nitrogen and oxygen atoms in total. The average Bonchev–Trinajstić information content (AvgIpc) is 3.57. The largest absolute Gasteiger partial charge is 0.381 e. The van der Waals surface area contributed by atoms with Crippen molar-refractivity contribution >= 4 is 46.0 Å². The van der Waals surface area contributed by atoms with Gasteiger partial charge in [-0.3, -0.25) is 14.4 Å². The zero-order valence-electron chi connectivity index (χ0n) is 20.4. The third-order valence-corrected chi connectivity index (χ3v) is 10.5. The van der Waals surface area contributed by atoms with E-state index in [-0.39, 0.29) is 53.0 Å². The number of piperazine rings is 1. The van der Waals surface area contributed by atoms with Gasteiger partial charge < -0.3 is 19.9 Å². The number of amides is 3. The van der Waals surface area contributed by atoms with Gasteiger partial charge in [0.25, 0.3) is 0 Å². The first kappa shape index (κ1) is 24.8. The molecule has 0 spiro atoms. The van der Waals surface area contributed by atoms with Gasteiger partial charge in [-0.15, -0.1) is 11.8 Å². The molecule has 5 unspecified atom stereocenters. The normalized spacial score (nSPS) is 32.4. The number of thioether (sulfide) groups is 1. The van der Waals surface area contributed by atoms with E-state index in [0.717, 1.165) is 42.7 Å². The van der Waals surface area contributed by atoms with Crippen molar-refractivity contribution < 1.29 is 19.1 Å². The Morgan fingerprint density at radius 2 is 1.91 bits per heavy atom. The van der Waals surface area contributed by atoms with Crippen molar-refractivity contribution in [2.24, 2.45) is 17.8 Å². The molecule has 10 heteroatoms. The Balaban J connectivity index is 1.24. The highest BCUT2D eigenvalue weighted by Crippen LogP contribution is 2.44. The van der Waals surface area contributed by atoms with E-state index in [1.807, 2.05) is 16.0 Å². The van der Waals surface area contributed by atoms with E-state index in [4.69, 9.17) is 4.74 Å². The number of rotatable bonds is 7. The molecule has 1 N–H and O–H groups in total. The molecular formula is C25H34N4O4S2. The summed E-state index contributed by atoms with van der Waals surface area (Å²) in [6, 6.07) is 0.164. The maximum absolute atomic E-state index is 13.7. The number of methoxy groups -OCH3 is 1. The number of hydrogen-bond acceptors (Lipinski definition) is 7. The van der Waals surface area contributed by atoms with Crippen LogP contribution in [0, 0.1) is 17.8 Å². The van der Waals surface area contributed by atoms with Crippen molar-refractivity contribution in [3.8, 4) is 0 Å². The summed E-state index contributed by atoms with van der Waals surface area (Å²) in [5.74, 6) is 0.534. The number of aromatic nitrogens is 1. The molecule has 1 aromatic rings. The SMILES string of the molecule is C=CC(=O)N1C2CC[C@@H]1CN(C(=O)C1CC(Sc3cnc(NC(=O)C4CC4)s3)C(C)CC1OC)C2. The molecule has 1 aromatic heterocycles. The number of nitrogens with zero attached hydrogens (tertiary/aromatic N) is 3. The second kappa shape index (κ2) is 10.2. The van der Waals surface area contributed by atoms with Gasteiger partial charge in [0.15, 0.2) is 5.13 Å². The summed E-state index contributed by atoms with van der Waals surface area (Å²) in [4.78, 5) is 46.4. The molecule has 5 rings (SSSR count). The standard InChI is InChI=1S/C25H34N4O4S2/c1-4-21(30)29-16-7-8-17(29)13-28(12-16)24(32)18-10-20(14(2)9-19(18)33-3)34-22-11-26-25(35-22)27-23(31)15-5-6-15/h4,11,14-20H,1,5-10,12-13H2,2-3H3,(H,26,27,31)/t14?,16-,17?,18?,19?,20?/m1/s1. The minimum absolute atomic E-state index is 0.0282. The van der Waals surface area contributed by atoms with Crippen LogP contribution in [0.1, 0.15) is 45.4 Å². The first-order chi connectivity index (χ1) is 16.9. The Kier molecular flexibility index (Phi) is 7.23. The molecule has 0 radical (unpaired) electrons. The van der Waals surface area contributed by atoms with E-state index in [2.05, 4.69) is 23.8 Å². The summed E-state index contributed by atoms with van der Waals surface area (Å²) in [6.45, 7) is 7.05. The third-order valence-electron chi connectivity index (χ3n) is 7.95. The van der Waals surface area contributed by atoms with E-state index < -0.39 is 0 Å². The number of nitrogens with one attached hydrogen (secondary N) is 1. The maximum Gasteiger partial charge on any atom is 0.246 e. The fraction of sp³-hybridized carbons (Fsp3) is 0.680. The lowest BCUT2D eigenvalue weighted by molar-refractivity contribution is -0.149. The Labute approximate surface area is 214 Å². The Morgan fingerprint density at radius 1 is 1.20 bits per heavy atom. The summed E-state index contributed by atoms with van der Waals surface area (Å²) in [5.41, 5.74) is 0. The molecule has 2 saturated heterocycles. The van der Waals surface area contributed by atoms with Crippen molar-refractivity contribution in [1.29, 1.82) is 0 Å². The molecule has 4 fully saturated rings. The van der Waals surface area contributed by atoms with Crippen LogP contribution in [0.4, 0.5) is 5.13 Å². The van der Waals surface area contributed by atoms with Crippen molar-refractivity contribution in [2.75, 3.05) is 25.5 Å². The van der Waals surface area contributed by atoms with Gasteiger partial charge in [-0.25, -0.2) is 4.98 Å². The van der Waals surface area contributed by atoms with E-state index in [0.29, 0.717) is 24.1 Å². The lowest BCUT2D eigenvalue weighted by Crippen LogP contribution is -2.59. The molecule has 2 aliphatic heterocycles. The van der Waals surface area contributed by atoms with Crippen LogP contribution >= 0.6 is 23.1 Å². The average molecular weight is 519 g/mol. The highest BCUT2D eigenvalue weighted by molar-refractivity contribution is 8.01. The second-order valence-electron chi connectivity index (χ2n) is 10.3. The smallest absolute Gasteiger partial charge is 0.246 e. The lowest BCUT2D eigenvalue weighted by atomic mass is 9.79. The van der Waals surface area contributed by atoms with Gasteiger partial charge in [0.2, 0.25) is 17.7 Å². The lowest BCUT2D eigenvalue weighted by Gasteiger charge is -2.44. The van der Waals surface area contributed by atoms with Gasteiger partial charge in [-0.1, -0.05) is 24.8 Å². The molecule has 2 aliphatic carbocycles. The third kappa shape index (κ3) is 5.15. The summed E-state index contributed by atoms with van der Waals surface area (Å²) in [6.07, 6.45) is 8.50. The van der Waals surface area contributed by atoms with E-state index in [9.17, 15) is 14.4 Å². The van der Waals surface area contributed by atoms with Gasteiger partial charge in [-0.05, 0) is 50.5 Å². The van der Waals surface area contributed by atoms with Crippen LogP contribution in [-0.2, 0) is 19.1 Å². The van der Waals surface area contributed by atoms with Gasteiger partial charge >= 0.3 is 0 Å².